The number of carbonyl (C=O) groups excluding carboxylic acids is 2. The lowest BCUT2D eigenvalue weighted by Crippen LogP contribution is -2.31. The van der Waals surface area contributed by atoms with Crippen LogP contribution in [0.4, 0.5) is 0 Å². The van der Waals surface area contributed by atoms with Gasteiger partial charge in [-0.1, -0.05) is 19.1 Å². The van der Waals surface area contributed by atoms with Crippen molar-refractivity contribution in [3.63, 3.8) is 0 Å². The van der Waals surface area contributed by atoms with Gasteiger partial charge in [-0.15, -0.1) is 11.3 Å². The van der Waals surface area contributed by atoms with Gasteiger partial charge in [0.05, 0.1) is 4.88 Å². The van der Waals surface area contributed by atoms with Crippen molar-refractivity contribution in [2.45, 2.75) is 39.8 Å². The highest BCUT2D eigenvalue weighted by Gasteiger charge is 2.09. The Hall–Kier alpha value is -2.14. The van der Waals surface area contributed by atoms with Crippen LogP contribution in [0.5, 0.6) is 0 Å². The largest absolute Gasteiger partial charge is 0.350 e. The van der Waals surface area contributed by atoms with E-state index in [0.717, 1.165) is 16.9 Å². The van der Waals surface area contributed by atoms with Gasteiger partial charge in [-0.05, 0) is 50.1 Å². The Morgan fingerprint density at radius 3 is 2.35 bits per heavy atom. The number of hydrogen-bond donors (Lipinski definition) is 2. The first-order valence-corrected chi connectivity index (χ1v) is 8.55. The van der Waals surface area contributed by atoms with Crippen molar-refractivity contribution < 1.29 is 9.59 Å². The van der Waals surface area contributed by atoms with E-state index in [4.69, 9.17) is 0 Å². The summed E-state index contributed by atoms with van der Waals surface area (Å²) in [6.45, 7) is 6.44. The van der Waals surface area contributed by atoms with Crippen molar-refractivity contribution in [2.24, 2.45) is 0 Å². The highest BCUT2D eigenvalue weighted by molar-refractivity contribution is 7.13. The second kappa shape index (κ2) is 7.92. The third-order valence-electron chi connectivity index (χ3n) is 3.62. The first-order valence-electron chi connectivity index (χ1n) is 7.74. The highest BCUT2D eigenvalue weighted by Crippen LogP contribution is 2.15. The fraction of sp³-hybridized carbons (Fsp3) is 0.333. The van der Waals surface area contributed by atoms with Gasteiger partial charge in [0, 0.05) is 23.0 Å². The van der Waals surface area contributed by atoms with E-state index in [0.29, 0.717) is 17.0 Å². The predicted molar refractivity (Wildman–Crippen MR) is 93.9 cm³/mol. The van der Waals surface area contributed by atoms with Gasteiger partial charge in [0.25, 0.3) is 11.8 Å². The normalized spacial score (nSPS) is 11.8. The standard InChI is InChI=1S/C18H22N2O2S/c1-4-12(2)20-17(21)15-8-6-14(7-9-15)11-19-18(22)16-10-5-13(3)23-16/h5-10,12H,4,11H2,1-3H3,(H,19,22)(H,20,21)/t12-/m1/s1. The van der Waals surface area contributed by atoms with Gasteiger partial charge in [-0.3, -0.25) is 9.59 Å². The second-order valence-electron chi connectivity index (χ2n) is 5.57. The monoisotopic (exact) mass is 330 g/mol. The van der Waals surface area contributed by atoms with Crippen LogP contribution in [0.2, 0.25) is 0 Å². The van der Waals surface area contributed by atoms with Gasteiger partial charge in [0.2, 0.25) is 0 Å². The molecular weight excluding hydrogens is 308 g/mol. The van der Waals surface area contributed by atoms with Crippen molar-refractivity contribution >= 4 is 23.2 Å². The molecule has 2 rings (SSSR count). The molecule has 0 radical (unpaired) electrons. The molecule has 4 nitrogen and oxygen atoms in total. The minimum atomic E-state index is -0.0679. The SMILES string of the molecule is CC[C@@H](C)NC(=O)c1ccc(CNC(=O)c2ccc(C)s2)cc1. The van der Waals surface area contributed by atoms with Crippen LogP contribution in [0.3, 0.4) is 0 Å². The molecule has 2 aromatic rings. The number of benzene rings is 1. The zero-order valence-corrected chi connectivity index (χ0v) is 14.5. The molecule has 1 heterocycles. The molecule has 0 saturated carbocycles. The Labute approximate surface area is 140 Å². The van der Waals surface area contributed by atoms with Crippen LogP contribution in [0.1, 0.15) is 50.7 Å². The molecule has 0 aliphatic carbocycles. The molecule has 0 spiro atoms. The quantitative estimate of drug-likeness (QED) is 0.851. The maximum absolute atomic E-state index is 12.0. The van der Waals surface area contributed by atoms with Gasteiger partial charge in [0.1, 0.15) is 0 Å². The highest BCUT2D eigenvalue weighted by atomic mass is 32.1. The summed E-state index contributed by atoms with van der Waals surface area (Å²) in [5.41, 5.74) is 1.60. The maximum Gasteiger partial charge on any atom is 0.261 e. The van der Waals surface area contributed by atoms with Crippen molar-refractivity contribution in [3.05, 3.63) is 57.3 Å². The number of thiophene rings is 1. The van der Waals surface area contributed by atoms with Crippen molar-refractivity contribution in [1.82, 2.24) is 10.6 Å². The molecule has 23 heavy (non-hydrogen) atoms. The Bertz CT molecular complexity index is 677. The Morgan fingerprint density at radius 1 is 1.09 bits per heavy atom. The molecule has 0 aliphatic rings. The van der Waals surface area contributed by atoms with E-state index in [1.54, 1.807) is 12.1 Å². The molecule has 2 N–H and O–H groups in total. The summed E-state index contributed by atoms with van der Waals surface area (Å²) < 4.78 is 0. The van der Waals surface area contributed by atoms with Crippen molar-refractivity contribution in [3.8, 4) is 0 Å². The first kappa shape index (κ1) is 17.2. The van der Waals surface area contributed by atoms with Gasteiger partial charge >= 0.3 is 0 Å². The topological polar surface area (TPSA) is 58.2 Å². The van der Waals surface area contributed by atoms with Crippen molar-refractivity contribution in [1.29, 1.82) is 0 Å². The molecule has 122 valence electrons. The van der Waals surface area contributed by atoms with Crippen LogP contribution < -0.4 is 10.6 Å². The van der Waals surface area contributed by atoms with E-state index in [-0.39, 0.29) is 17.9 Å². The van der Waals surface area contributed by atoms with Crippen LogP contribution >= 0.6 is 11.3 Å². The summed E-state index contributed by atoms with van der Waals surface area (Å²) in [5.74, 6) is -0.134. The van der Waals surface area contributed by atoms with E-state index < -0.39 is 0 Å². The molecule has 1 atom stereocenters. The van der Waals surface area contributed by atoms with Crippen molar-refractivity contribution in [2.75, 3.05) is 0 Å². The number of nitrogens with one attached hydrogen (secondary N) is 2. The molecule has 5 heteroatoms. The molecular formula is C18H22N2O2S. The average molecular weight is 330 g/mol. The van der Waals surface area contributed by atoms with E-state index in [1.165, 1.54) is 11.3 Å². The third-order valence-corrected chi connectivity index (χ3v) is 4.62. The van der Waals surface area contributed by atoms with Crippen LogP contribution in [-0.2, 0) is 6.54 Å². The fourth-order valence-corrected chi connectivity index (χ4v) is 2.79. The molecule has 1 aromatic heterocycles. The number of carbonyl (C=O) groups is 2. The smallest absolute Gasteiger partial charge is 0.261 e. The lowest BCUT2D eigenvalue weighted by molar-refractivity contribution is 0.0935. The van der Waals surface area contributed by atoms with Crippen LogP contribution in [0.15, 0.2) is 36.4 Å². The number of aryl methyl sites for hydroxylation is 1. The summed E-state index contributed by atoms with van der Waals surface area (Å²) in [7, 11) is 0. The minimum Gasteiger partial charge on any atom is -0.350 e. The fourth-order valence-electron chi connectivity index (χ4n) is 2.01. The van der Waals surface area contributed by atoms with Crippen LogP contribution in [0.25, 0.3) is 0 Å². The van der Waals surface area contributed by atoms with E-state index in [9.17, 15) is 9.59 Å². The van der Waals surface area contributed by atoms with E-state index in [1.807, 2.05) is 45.0 Å². The Kier molecular flexibility index (Phi) is 5.93. The number of amides is 2. The number of hydrogen-bond acceptors (Lipinski definition) is 3. The molecule has 0 unspecified atom stereocenters. The summed E-state index contributed by atoms with van der Waals surface area (Å²) in [6, 6.07) is 11.2. The summed E-state index contributed by atoms with van der Waals surface area (Å²) in [5, 5.41) is 5.82. The maximum atomic E-state index is 12.0. The second-order valence-corrected chi connectivity index (χ2v) is 6.86. The Morgan fingerprint density at radius 2 is 1.78 bits per heavy atom. The Balaban J connectivity index is 1.90. The van der Waals surface area contributed by atoms with Crippen LogP contribution in [-0.4, -0.2) is 17.9 Å². The van der Waals surface area contributed by atoms with Gasteiger partial charge in [-0.2, -0.15) is 0 Å². The lowest BCUT2D eigenvalue weighted by atomic mass is 10.1. The molecule has 2 amide bonds. The average Bonchev–Trinajstić information content (AvgIpc) is 2.99. The summed E-state index contributed by atoms with van der Waals surface area (Å²) >= 11 is 1.48. The zero-order chi connectivity index (χ0) is 16.8. The molecule has 0 fully saturated rings. The van der Waals surface area contributed by atoms with Gasteiger partial charge in [-0.25, -0.2) is 0 Å². The van der Waals surface area contributed by atoms with E-state index >= 15 is 0 Å². The first-order chi connectivity index (χ1) is 11.0. The van der Waals surface area contributed by atoms with Gasteiger partial charge < -0.3 is 10.6 Å². The third kappa shape index (κ3) is 4.93. The molecule has 0 aliphatic heterocycles. The summed E-state index contributed by atoms with van der Waals surface area (Å²) in [4.78, 5) is 25.8. The zero-order valence-electron chi connectivity index (χ0n) is 13.7. The summed E-state index contributed by atoms with van der Waals surface area (Å²) in [6.07, 6.45) is 0.901. The van der Waals surface area contributed by atoms with E-state index in [2.05, 4.69) is 10.6 Å². The van der Waals surface area contributed by atoms with Gasteiger partial charge in [0.15, 0.2) is 0 Å². The predicted octanol–water partition coefficient (Wildman–Crippen LogP) is 3.51. The minimum absolute atomic E-state index is 0.0657. The van der Waals surface area contributed by atoms with Crippen LogP contribution in [0, 0.1) is 6.92 Å². The molecule has 1 aromatic carbocycles. The molecule has 0 bridgehead atoms. The lowest BCUT2D eigenvalue weighted by Gasteiger charge is -2.11. The number of rotatable bonds is 6. The molecule has 0 saturated heterocycles.